The predicted octanol–water partition coefficient (Wildman–Crippen LogP) is 4.53. The van der Waals surface area contributed by atoms with Gasteiger partial charge in [-0.05, 0) is 42.8 Å². The minimum absolute atomic E-state index is 0.216. The molecular formula is C16H16F3NO. The second-order valence-corrected chi connectivity index (χ2v) is 4.70. The Morgan fingerprint density at radius 1 is 0.905 bits per heavy atom. The van der Waals surface area contributed by atoms with Crippen molar-refractivity contribution < 1.29 is 17.9 Å². The lowest BCUT2D eigenvalue weighted by Crippen LogP contribution is -2.16. The minimum Gasteiger partial charge on any atom is -0.406 e. The Balaban J connectivity index is 2.15. The van der Waals surface area contributed by atoms with Gasteiger partial charge in [0.2, 0.25) is 0 Å². The fourth-order valence-corrected chi connectivity index (χ4v) is 1.98. The summed E-state index contributed by atoms with van der Waals surface area (Å²) in [5, 5.41) is 3.15. The summed E-state index contributed by atoms with van der Waals surface area (Å²) in [7, 11) is 1.89. The van der Waals surface area contributed by atoms with Gasteiger partial charge in [0.25, 0.3) is 0 Å². The van der Waals surface area contributed by atoms with Crippen molar-refractivity contribution >= 4 is 0 Å². The molecule has 0 radical (unpaired) electrons. The van der Waals surface area contributed by atoms with E-state index in [2.05, 4.69) is 17.0 Å². The van der Waals surface area contributed by atoms with Gasteiger partial charge in [-0.3, -0.25) is 0 Å². The standard InChI is InChI=1S/C16H16F3NO/c1-11(20-2)12-3-5-13(6-4-12)14-7-9-15(10-8-14)21-16(17,18)19/h3-11,20H,1-2H3. The van der Waals surface area contributed by atoms with Crippen LogP contribution in [-0.2, 0) is 0 Å². The largest absolute Gasteiger partial charge is 0.573 e. The molecule has 0 saturated carbocycles. The van der Waals surface area contributed by atoms with Crippen LogP contribution in [0.1, 0.15) is 18.5 Å². The van der Waals surface area contributed by atoms with Crippen LogP contribution in [-0.4, -0.2) is 13.4 Å². The van der Waals surface area contributed by atoms with Gasteiger partial charge in [-0.2, -0.15) is 0 Å². The van der Waals surface area contributed by atoms with Crippen molar-refractivity contribution in [2.75, 3.05) is 7.05 Å². The van der Waals surface area contributed by atoms with Crippen molar-refractivity contribution in [3.05, 3.63) is 54.1 Å². The molecule has 2 nitrogen and oxygen atoms in total. The van der Waals surface area contributed by atoms with Crippen molar-refractivity contribution in [3.8, 4) is 16.9 Å². The van der Waals surface area contributed by atoms with Crippen LogP contribution >= 0.6 is 0 Å². The van der Waals surface area contributed by atoms with Gasteiger partial charge >= 0.3 is 6.36 Å². The first-order valence-electron chi connectivity index (χ1n) is 6.52. The lowest BCUT2D eigenvalue weighted by Gasteiger charge is -2.12. The maximum absolute atomic E-state index is 12.1. The van der Waals surface area contributed by atoms with Gasteiger partial charge in [0.05, 0.1) is 0 Å². The van der Waals surface area contributed by atoms with Crippen molar-refractivity contribution in [2.24, 2.45) is 0 Å². The first-order valence-corrected chi connectivity index (χ1v) is 6.52. The first-order chi connectivity index (χ1) is 9.89. The molecule has 0 aliphatic heterocycles. The summed E-state index contributed by atoms with van der Waals surface area (Å²) >= 11 is 0. The van der Waals surface area contributed by atoms with Gasteiger partial charge < -0.3 is 10.1 Å². The molecule has 2 aromatic carbocycles. The molecule has 2 aromatic rings. The molecule has 0 aliphatic carbocycles. The zero-order chi connectivity index (χ0) is 15.5. The van der Waals surface area contributed by atoms with E-state index in [-0.39, 0.29) is 11.8 Å². The molecule has 0 heterocycles. The minimum atomic E-state index is -4.66. The second-order valence-electron chi connectivity index (χ2n) is 4.70. The van der Waals surface area contributed by atoms with Gasteiger partial charge in [-0.15, -0.1) is 13.2 Å². The van der Waals surface area contributed by atoms with E-state index in [1.54, 1.807) is 12.1 Å². The number of rotatable bonds is 4. The molecule has 1 unspecified atom stereocenters. The molecule has 0 aromatic heterocycles. The average molecular weight is 295 g/mol. The van der Waals surface area contributed by atoms with E-state index in [0.29, 0.717) is 0 Å². The van der Waals surface area contributed by atoms with E-state index in [4.69, 9.17) is 0 Å². The number of hydrogen-bond acceptors (Lipinski definition) is 2. The maximum Gasteiger partial charge on any atom is 0.573 e. The number of hydrogen-bond donors (Lipinski definition) is 1. The average Bonchev–Trinajstić information content (AvgIpc) is 2.46. The highest BCUT2D eigenvalue weighted by atomic mass is 19.4. The molecule has 2 rings (SSSR count). The van der Waals surface area contributed by atoms with Crippen LogP contribution in [0.4, 0.5) is 13.2 Å². The van der Waals surface area contributed by atoms with Gasteiger partial charge in [0, 0.05) is 6.04 Å². The number of nitrogens with one attached hydrogen (secondary N) is 1. The highest BCUT2D eigenvalue weighted by Crippen LogP contribution is 2.27. The molecule has 1 atom stereocenters. The zero-order valence-electron chi connectivity index (χ0n) is 11.7. The van der Waals surface area contributed by atoms with Gasteiger partial charge in [0.1, 0.15) is 5.75 Å². The van der Waals surface area contributed by atoms with Crippen molar-refractivity contribution in [2.45, 2.75) is 19.3 Å². The first kappa shape index (κ1) is 15.4. The molecule has 0 fully saturated rings. The quantitative estimate of drug-likeness (QED) is 0.894. The predicted molar refractivity (Wildman–Crippen MR) is 76.0 cm³/mol. The number of benzene rings is 2. The molecule has 0 saturated heterocycles. The van der Waals surface area contributed by atoms with E-state index in [9.17, 15) is 13.2 Å². The van der Waals surface area contributed by atoms with Crippen LogP contribution < -0.4 is 10.1 Å². The third-order valence-electron chi connectivity index (χ3n) is 3.26. The van der Waals surface area contributed by atoms with Crippen LogP contribution in [0.5, 0.6) is 5.75 Å². The van der Waals surface area contributed by atoms with E-state index >= 15 is 0 Å². The summed E-state index contributed by atoms with van der Waals surface area (Å²) in [6.07, 6.45) is -4.66. The lowest BCUT2D eigenvalue weighted by atomic mass is 10.0. The number of alkyl halides is 3. The molecule has 0 bridgehead atoms. The Labute approximate surface area is 121 Å². The number of ether oxygens (including phenoxy) is 1. The summed E-state index contributed by atoms with van der Waals surface area (Å²) in [5.74, 6) is -0.216. The van der Waals surface area contributed by atoms with Crippen LogP contribution in [0.2, 0.25) is 0 Å². The van der Waals surface area contributed by atoms with Crippen LogP contribution in [0, 0.1) is 0 Å². The summed E-state index contributed by atoms with van der Waals surface area (Å²) in [6.45, 7) is 2.05. The van der Waals surface area contributed by atoms with Gasteiger partial charge in [-0.1, -0.05) is 36.4 Å². The molecule has 0 spiro atoms. The third-order valence-corrected chi connectivity index (χ3v) is 3.26. The molecule has 0 aliphatic rings. The summed E-state index contributed by atoms with van der Waals surface area (Å²) < 4.78 is 40.1. The second kappa shape index (κ2) is 6.18. The van der Waals surface area contributed by atoms with E-state index in [0.717, 1.165) is 16.7 Å². The van der Waals surface area contributed by atoms with E-state index < -0.39 is 6.36 Å². The van der Waals surface area contributed by atoms with Crippen LogP contribution in [0.15, 0.2) is 48.5 Å². The molecule has 21 heavy (non-hydrogen) atoms. The molecule has 112 valence electrons. The number of halogens is 3. The Morgan fingerprint density at radius 2 is 1.38 bits per heavy atom. The van der Waals surface area contributed by atoms with Crippen LogP contribution in [0.3, 0.4) is 0 Å². The van der Waals surface area contributed by atoms with Crippen LogP contribution in [0.25, 0.3) is 11.1 Å². The van der Waals surface area contributed by atoms with Gasteiger partial charge in [-0.25, -0.2) is 0 Å². The lowest BCUT2D eigenvalue weighted by molar-refractivity contribution is -0.274. The summed E-state index contributed by atoms with van der Waals surface area (Å²) in [6, 6.07) is 14.0. The highest BCUT2D eigenvalue weighted by Gasteiger charge is 2.30. The Bertz CT molecular complexity index is 576. The SMILES string of the molecule is CNC(C)c1ccc(-c2ccc(OC(F)(F)F)cc2)cc1. The Hall–Kier alpha value is -2.01. The monoisotopic (exact) mass is 295 g/mol. The molecule has 1 N–H and O–H groups in total. The van der Waals surface area contributed by atoms with E-state index in [1.807, 2.05) is 31.3 Å². The van der Waals surface area contributed by atoms with Gasteiger partial charge in [0.15, 0.2) is 0 Å². The Kier molecular flexibility index (Phi) is 4.53. The Morgan fingerprint density at radius 3 is 1.81 bits per heavy atom. The zero-order valence-corrected chi connectivity index (χ0v) is 11.7. The van der Waals surface area contributed by atoms with Crippen molar-refractivity contribution in [3.63, 3.8) is 0 Å². The third kappa shape index (κ3) is 4.23. The summed E-state index contributed by atoms with van der Waals surface area (Å²) in [4.78, 5) is 0. The maximum atomic E-state index is 12.1. The molecule has 0 amide bonds. The fourth-order valence-electron chi connectivity index (χ4n) is 1.98. The normalized spacial score (nSPS) is 13.0. The van der Waals surface area contributed by atoms with Crippen molar-refractivity contribution in [1.29, 1.82) is 0 Å². The fraction of sp³-hybridized carbons (Fsp3) is 0.250. The highest BCUT2D eigenvalue weighted by molar-refractivity contribution is 5.64. The van der Waals surface area contributed by atoms with E-state index in [1.165, 1.54) is 12.1 Å². The summed E-state index contributed by atoms with van der Waals surface area (Å²) in [5.41, 5.74) is 2.94. The molecule has 5 heteroatoms. The molecular weight excluding hydrogens is 279 g/mol. The smallest absolute Gasteiger partial charge is 0.406 e. The topological polar surface area (TPSA) is 21.3 Å². The van der Waals surface area contributed by atoms with Crippen molar-refractivity contribution in [1.82, 2.24) is 5.32 Å².